The Bertz CT molecular complexity index is 2100. The number of carbonyl (C=O) groups is 1. The Hall–Kier alpha value is -5.44. The Kier molecular flexibility index (Phi) is 11.5. The number of fused-ring (bicyclic) bond motifs is 1. The maximum atomic E-state index is 14.0. The molecule has 18 heteroatoms. The van der Waals surface area contributed by atoms with Crippen LogP contribution in [0.1, 0.15) is 12.5 Å². The van der Waals surface area contributed by atoms with E-state index in [0.717, 1.165) is 18.2 Å². The quantitative estimate of drug-likeness (QED) is 0.0788. The fraction of sp³-hybridized carbons (Fsp3) is 0.351. The van der Waals surface area contributed by atoms with Crippen LogP contribution in [0.25, 0.3) is 28.4 Å². The van der Waals surface area contributed by atoms with E-state index in [9.17, 15) is 55.5 Å². The van der Waals surface area contributed by atoms with Gasteiger partial charge in [-0.05, 0) is 55.0 Å². The predicted molar refractivity (Wildman–Crippen MR) is 186 cm³/mol. The third kappa shape index (κ3) is 8.16. The van der Waals surface area contributed by atoms with Gasteiger partial charge >= 0.3 is 5.97 Å². The van der Waals surface area contributed by atoms with Gasteiger partial charge in [0.2, 0.25) is 17.5 Å². The van der Waals surface area contributed by atoms with Gasteiger partial charge in [-0.1, -0.05) is 6.07 Å². The molecule has 6 rings (SSSR count). The second-order valence-corrected chi connectivity index (χ2v) is 12.8. The van der Waals surface area contributed by atoms with E-state index >= 15 is 0 Å². The molecule has 0 radical (unpaired) electrons. The number of phenolic OH excluding ortho intramolecular Hbond substituents is 4. The van der Waals surface area contributed by atoms with Crippen LogP contribution in [0.4, 0.5) is 0 Å². The molecule has 55 heavy (non-hydrogen) atoms. The van der Waals surface area contributed by atoms with Crippen molar-refractivity contribution in [3.8, 4) is 45.8 Å². The van der Waals surface area contributed by atoms with E-state index < -0.39 is 102 Å². The average Bonchev–Trinajstić information content (AvgIpc) is 3.15. The van der Waals surface area contributed by atoms with Gasteiger partial charge in [-0.3, -0.25) is 4.79 Å². The van der Waals surface area contributed by atoms with Crippen molar-refractivity contribution in [1.29, 1.82) is 0 Å². The second-order valence-electron chi connectivity index (χ2n) is 12.8. The lowest BCUT2D eigenvalue weighted by atomic mass is 9.98. The van der Waals surface area contributed by atoms with Crippen LogP contribution in [0.3, 0.4) is 0 Å². The highest BCUT2D eigenvalue weighted by atomic mass is 16.7. The second kappa shape index (κ2) is 16.1. The molecule has 0 amide bonds. The molecular weight excluding hydrogens is 732 g/mol. The van der Waals surface area contributed by atoms with Gasteiger partial charge in [0.15, 0.2) is 29.7 Å². The standard InChI is InChI=1S/C37H38O18/c1-15-27(43)30(46)32(48)36(51-15)50-14-24-28(44)31(47)35(54-25(42)10-4-16-3-9-20(40)22(11-16)49-2)37(53-24)55-34-29(45)26-21(41)12-19(39)13-23(26)52-33(34)17-5-7-18(38)8-6-17/h3-13,15,24,27-28,30-32,35-41,43-44,46-48H,14H2,1-2H3/b10-4+/t15-,24+,27-,28+,30+,31-,32+,35+,36+,37-/m0/s1. The van der Waals surface area contributed by atoms with Gasteiger partial charge in [-0.15, -0.1) is 0 Å². The van der Waals surface area contributed by atoms with Crippen molar-refractivity contribution in [2.75, 3.05) is 13.7 Å². The third-order valence-corrected chi connectivity index (χ3v) is 9.03. The highest BCUT2D eigenvalue weighted by Crippen LogP contribution is 2.38. The molecule has 0 bridgehead atoms. The Balaban J connectivity index is 1.36. The molecule has 2 aliphatic rings. The minimum atomic E-state index is -2.00. The van der Waals surface area contributed by atoms with E-state index in [0.29, 0.717) is 5.56 Å². The number of aliphatic hydroxyl groups excluding tert-OH is 5. The van der Waals surface area contributed by atoms with E-state index in [2.05, 4.69) is 0 Å². The lowest BCUT2D eigenvalue weighted by molar-refractivity contribution is -0.319. The summed E-state index contributed by atoms with van der Waals surface area (Å²) in [6.45, 7) is 0.761. The molecule has 294 valence electrons. The minimum absolute atomic E-state index is 0.114. The SMILES string of the molecule is COc1cc(/C=C/C(=O)O[C@H]2[C@H](Oc3c(-c4ccc(O)cc4)oc4cc(O)cc(O)c4c3=O)O[C@H](CO[C@@H]3O[C@@H](C)[C@H](O)[C@@H](O)[C@H]3O)[C@@H](O)[C@@H]2O)ccc1O. The largest absolute Gasteiger partial charge is 0.508 e. The van der Waals surface area contributed by atoms with Gasteiger partial charge in [0.05, 0.1) is 19.8 Å². The summed E-state index contributed by atoms with van der Waals surface area (Å²) in [5, 5.41) is 93.3. The molecule has 9 N–H and O–H groups in total. The number of aromatic hydroxyl groups is 4. The zero-order valence-corrected chi connectivity index (χ0v) is 29.0. The van der Waals surface area contributed by atoms with Crippen LogP contribution in [-0.2, 0) is 23.7 Å². The lowest BCUT2D eigenvalue weighted by Crippen LogP contribution is -2.62. The molecule has 0 unspecified atom stereocenters. The van der Waals surface area contributed by atoms with Gasteiger partial charge in [0, 0.05) is 23.8 Å². The molecule has 18 nitrogen and oxygen atoms in total. The summed E-state index contributed by atoms with van der Waals surface area (Å²) in [6, 6.07) is 11.4. The van der Waals surface area contributed by atoms with Crippen LogP contribution < -0.4 is 14.9 Å². The minimum Gasteiger partial charge on any atom is -0.508 e. The lowest BCUT2D eigenvalue weighted by Gasteiger charge is -2.43. The monoisotopic (exact) mass is 770 g/mol. The number of carbonyl (C=O) groups excluding carboxylic acids is 1. The summed E-state index contributed by atoms with van der Waals surface area (Å²) in [4.78, 5) is 27.2. The molecule has 10 atom stereocenters. The summed E-state index contributed by atoms with van der Waals surface area (Å²) >= 11 is 0. The topological polar surface area (TPSA) is 285 Å². The molecule has 2 aliphatic heterocycles. The first kappa shape index (κ1) is 39.3. The number of benzene rings is 3. The molecular formula is C37H38O18. The first-order chi connectivity index (χ1) is 26.2. The van der Waals surface area contributed by atoms with Crippen LogP contribution in [0, 0.1) is 0 Å². The predicted octanol–water partition coefficient (Wildman–Crippen LogP) is 0.586. The molecule has 0 aliphatic carbocycles. The summed E-state index contributed by atoms with van der Waals surface area (Å²) in [5.41, 5.74) is -0.736. The molecule has 2 saturated heterocycles. The normalized spacial score (nSPS) is 28.3. The average molecular weight is 771 g/mol. The Morgan fingerprint density at radius 3 is 2.24 bits per heavy atom. The number of aliphatic hydroxyl groups is 5. The summed E-state index contributed by atoms with van der Waals surface area (Å²) in [7, 11) is 1.33. The number of ether oxygens (including phenoxy) is 6. The van der Waals surface area contributed by atoms with Crippen LogP contribution in [0.15, 0.2) is 69.9 Å². The zero-order chi connectivity index (χ0) is 39.7. The fourth-order valence-corrected chi connectivity index (χ4v) is 6.03. The van der Waals surface area contributed by atoms with E-state index in [1.807, 2.05) is 0 Å². The summed E-state index contributed by atoms with van der Waals surface area (Å²) in [5.74, 6) is -3.37. The Labute approximate surface area is 310 Å². The smallest absolute Gasteiger partial charge is 0.331 e. The van der Waals surface area contributed by atoms with Crippen molar-refractivity contribution < 1.29 is 83.6 Å². The number of hydrogen-bond donors (Lipinski definition) is 9. The number of phenols is 4. The van der Waals surface area contributed by atoms with Crippen molar-refractivity contribution in [3.05, 3.63) is 76.5 Å². The molecule has 3 heterocycles. The zero-order valence-electron chi connectivity index (χ0n) is 29.0. The van der Waals surface area contributed by atoms with Crippen LogP contribution in [0.2, 0.25) is 0 Å². The van der Waals surface area contributed by atoms with Crippen LogP contribution >= 0.6 is 0 Å². The van der Waals surface area contributed by atoms with E-state index in [-0.39, 0.29) is 34.2 Å². The van der Waals surface area contributed by atoms with Crippen LogP contribution in [-0.4, -0.2) is 127 Å². The Morgan fingerprint density at radius 2 is 1.53 bits per heavy atom. The first-order valence-electron chi connectivity index (χ1n) is 16.7. The number of hydrogen-bond acceptors (Lipinski definition) is 18. The summed E-state index contributed by atoms with van der Waals surface area (Å²) in [6.07, 6.45) is -14.4. The van der Waals surface area contributed by atoms with E-state index in [1.54, 1.807) is 0 Å². The summed E-state index contributed by atoms with van der Waals surface area (Å²) < 4.78 is 39.5. The van der Waals surface area contributed by atoms with Gasteiger partial charge in [0.25, 0.3) is 0 Å². The van der Waals surface area contributed by atoms with Crippen molar-refractivity contribution in [1.82, 2.24) is 0 Å². The molecule has 0 saturated carbocycles. The molecule has 0 spiro atoms. The van der Waals surface area contributed by atoms with Gasteiger partial charge in [-0.25, -0.2) is 4.79 Å². The van der Waals surface area contributed by atoms with Crippen molar-refractivity contribution in [2.45, 2.75) is 68.3 Å². The molecule has 4 aromatic rings. The number of methoxy groups -OCH3 is 1. The van der Waals surface area contributed by atoms with Crippen molar-refractivity contribution >= 4 is 23.0 Å². The van der Waals surface area contributed by atoms with Crippen molar-refractivity contribution in [2.24, 2.45) is 0 Å². The van der Waals surface area contributed by atoms with Gasteiger partial charge < -0.3 is 78.8 Å². The first-order valence-corrected chi connectivity index (χ1v) is 16.7. The highest BCUT2D eigenvalue weighted by Gasteiger charge is 2.50. The maximum absolute atomic E-state index is 14.0. The Morgan fingerprint density at radius 1 is 0.800 bits per heavy atom. The molecule has 3 aromatic carbocycles. The maximum Gasteiger partial charge on any atom is 0.331 e. The molecule has 1 aromatic heterocycles. The highest BCUT2D eigenvalue weighted by molar-refractivity contribution is 5.89. The number of esters is 1. The van der Waals surface area contributed by atoms with E-state index in [4.69, 9.17) is 32.8 Å². The van der Waals surface area contributed by atoms with Gasteiger partial charge in [0.1, 0.15) is 64.8 Å². The van der Waals surface area contributed by atoms with Crippen LogP contribution in [0.5, 0.6) is 34.5 Å². The van der Waals surface area contributed by atoms with Crippen molar-refractivity contribution in [3.63, 3.8) is 0 Å². The number of rotatable bonds is 10. The fourth-order valence-electron chi connectivity index (χ4n) is 6.03. The molecule has 2 fully saturated rings. The van der Waals surface area contributed by atoms with E-state index in [1.165, 1.54) is 62.6 Å². The third-order valence-electron chi connectivity index (χ3n) is 9.03. The van der Waals surface area contributed by atoms with Gasteiger partial charge in [-0.2, -0.15) is 0 Å².